The predicted octanol–water partition coefficient (Wildman–Crippen LogP) is 2.54. The maximum atomic E-state index is 4.55. The van der Waals surface area contributed by atoms with E-state index in [1.165, 1.54) is 0 Å². The molecule has 1 aromatic carbocycles. The highest BCUT2D eigenvalue weighted by atomic mass is 15.3. The number of hydrogen-bond donors (Lipinski definition) is 1. The number of nitrogens with one attached hydrogen (secondary N) is 1. The molecule has 3 rings (SSSR count). The Kier molecular flexibility index (Phi) is 2.92. The topological polar surface area (TPSA) is 42.7 Å². The van der Waals surface area contributed by atoms with Crippen molar-refractivity contribution in [3.05, 3.63) is 54.9 Å². The third-order valence-corrected chi connectivity index (χ3v) is 2.80. The van der Waals surface area contributed by atoms with E-state index in [-0.39, 0.29) is 0 Å². The summed E-state index contributed by atoms with van der Waals surface area (Å²) in [7, 11) is 0. The van der Waals surface area contributed by atoms with Gasteiger partial charge in [0.15, 0.2) is 0 Å². The number of anilines is 1. The van der Waals surface area contributed by atoms with E-state index >= 15 is 0 Å². The first-order valence-electron chi connectivity index (χ1n) is 5.99. The van der Waals surface area contributed by atoms with Crippen LogP contribution in [0.4, 0.5) is 5.82 Å². The molecule has 0 spiro atoms. The van der Waals surface area contributed by atoms with Crippen LogP contribution in [0.15, 0.2) is 54.9 Å². The van der Waals surface area contributed by atoms with Gasteiger partial charge in [0, 0.05) is 24.3 Å². The third-order valence-electron chi connectivity index (χ3n) is 2.80. The number of benzene rings is 1. The molecule has 0 saturated carbocycles. The van der Waals surface area contributed by atoms with E-state index in [9.17, 15) is 0 Å². The molecule has 0 radical (unpaired) electrons. The van der Waals surface area contributed by atoms with Crippen molar-refractivity contribution >= 4 is 16.7 Å². The zero-order valence-corrected chi connectivity index (χ0v) is 9.95. The van der Waals surface area contributed by atoms with E-state index in [1.807, 2.05) is 41.2 Å². The number of rotatable bonds is 4. The lowest BCUT2D eigenvalue weighted by molar-refractivity contribution is 0.637. The van der Waals surface area contributed by atoms with Crippen LogP contribution in [0.5, 0.6) is 0 Å². The molecule has 4 nitrogen and oxygen atoms in total. The molecule has 0 aliphatic carbocycles. The Morgan fingerprint density at radius 2 is 2.00 bits per heavy atom. The smallest absolute Gasteiger partial charge is 0.126 e. The number of pyridine rings is 1. The zero-order chi connectivity index (χ0) is 12.2. The number of para-hydroxylation sites is 1. The quantitative estimate of drug-likeness (QED) is 0.759. The second kappa shape index (κ2) is 4.87. The van der Waals surface area contributed by atoms with Crippen molar-refractivity contribution in [3.8, 4) is 0 Å². The summed E-state index contributed by atoms with van der Waals surface area (Å²) >= 11 is 0. The maximum absolute atomic E-state index is 4.55. The van der Waals surface area contributed by atoms with Gasteiger partial charge in [-0.1, -0.05) is 18.2 Å². The molecule has 1 N–H and O–H groups in total. The summed E-state index contributed by atoms with van der Waals surface area (Å²) in [5.41, 5.74) is 1.02. The molecule has 0 atom stereocenters. The minimum Gasteiger partial charge on any atom is -0.368 e. The highest BCUT2D eigenvalue weighted by Gasteiger charge is 1.97. The van der Waals surface area contributed by atoms with Gasteiger partial charge in [0.2, 0.25) is 0 Å². The zero-order valence-electron chi connectivity index (χ0n) is 9.95. The maximum Gasteiger partial charge on any atom is 0.126 e. The van der Waals surface area contributed by atoms with Crippen molar-refractivity contribution in [2.45, 2.75) is 6.54 Å². The Balaban J connectivity index is 1.67. The fraction of sp³-hybridized carbons (Fsp3) is 0.143. The van der Waals surface area contributed by atoms with Crippen LogP contribution < -0.4 is 5.32 Å². The van der Waals surface area contributed by atoms with Gasteiger partial charge in [0.1, 0.15) is 5.82 Å². The van der Waals surface area contributed by atoms with Crippen molar-refractivity contribution in [3.63, 3.8) is 0 Å². The van der Waals surface area contributed by atoms with Crippen molar-refractivity contribution in [1.29, 1.82) is 0 Å². The van der Waals surface area contributed by atoms with Crippen molar-refractivity contribution in [2.75, 3.05) is 11.9 Å². The second-order valence-corrected chi connectivity index (χ2v) is 4.09. The van der Waals surface area contributed by atoms with Gasteiger partial charge in [0.25, 0.3) is 0 Å². The number of fused-ring (bicyclic) bond motifs is 1. The van der Waals surface area contributed by atoms with E-state index in [1.54, 1.807) is 6.20 Å². The molecular weight excluding hydrogens is 224 g/mol. The third kappa shape index (κ3) is 2.32. The van der Waals surface area contributed by atoms with Crippen LogP contribution in [0.2, 0.25) is 0 Å². The van der Waals surface area contributed by atoms with Crippen LogP contribution in [0.25, 0.3) is 10.9 Å². The largest absolute Gasteiger partial charge is 0.368 e. The molecule has 2 aromatic heterocycles. The van der Waals surface area contributed by atoms with Gasteiger partial charge in [-0.05, 0) is 24.3 Å². The van der Waals surface area contributed by atoms with Crippen LogP contribution in [0.1, 0.15) is 0 Å². The van der Waals surface area contributed by atoms with E-state index in [0.29, 0.717) is 0 Å². The first-order chi connectivity index (χ1) is 8.92. The Hall–Kier alpha value is -2.36. The van der Waals surface area contributed by atoms with E-state index in [2.05, 4.69) is 27.5 Å². The Bertz CT molecular complexity index is 631. The van der Waals surface area contributed by atoms with Gasteiger partial charge in [-0.25, -0.2) is 4.98 Å². The van der Waals surface area contributed by atoms with Crippen molar-refractivity contribution < 1.29 is 0 Å². The average molecular weight is 238 g/mol. The minimum atomic E-state index is 0.813. The lowest BCUT2D eigenvalue weighted by Crippen LogP contribution is -2.11. The van der Waals surface area contributed by atoms with Crippen molar-refractivity contribution in [1.82, 2.24) is 14.8 Å². The summed E-state index contributed by atoms with van der Waals surface area (Å²) in [5.74, 6) is 0.904. The van der Waals surface area contributed by atoms with E-state index < -0.39 is 0 Å². The number of nitrogens with zero attached hydrogens (tertiary/aromatic N) is 3. The Morgan fingerprint density at radius 1 is 1.06 bits per heavy atom. The van der Waals surface area contributed by atoms with Crippen LogP contribution in [0, 0.1) is 0 Å². The Labute approximate surface area is 105 Å². The van der Waals surface area contributed by atoms with Gasteiger partial charge in [-0.15, -0.1) is 0 Å². The molecule has 0 aliphatic rings. The lowest BCUT2D eigenvalue weighted by atomic mass is 10.2. The highest BCUT2D eigenvalue weighted by molar-refractivity contribution is 5.79. The molecule has 90 valence electrons. The highest BCUT2D eigenvalue weighted by Crippen LogP contribution is 2.14. The predicted molar refractivity (Wildman–Crippen MR) is 72.5 cm³/mol. The Morgan fingerprint density at radius 3 is 2.89 bits per heavy atom. The van der Waals surface area contributed by atoms with Gasteiger partial charge in [0.05, 0.1) is 12.1 Å². The monoisotopic (exact) mass is 238 g/mol. The molecule has 0 saturated heterocycles. The lowest BCUT2D eigenvalue weighted by Gasteiger charge is -2.06. The average Bonchev–Trinajstić information content (AvgIpc) is 2.92. The molecule has 0 fully saturated rings. The molecule has 0 aliphatic heterocycles. The van der Waals surface area contributed by atoms with E-state index in [4.69, 9.17) is 0 Å². The molecular formula is C14H14N4. The summed E-state index contributed by atoms with van der Waals surface area (Å²) in [4.78, 5) is 4.55. The normalized spacial score (nSPS) is 10.7. The summed E-state index contributed by atoms with van der Waals surface area (Å²) < 4.78 is 1.90. The molecule has 4 heteroatoms. The summed E-state index contributed by atoms with van der Waals surface area (Å²) in [5, 5.41) is 8.62. The SMILES string of the molecule is c1ccc2nc(NCCn3cccn3)ccc2c1. The van der Waals surface area contributed by atoms with Gasteiger partial charge in [-0.2, -0.15) is 5.10 Å². The minimum absolute atomic E-state index is 0.813. The standard InChI is InChI=1S/C14H14N4/c1-2-5-13-12(4-1)6-7-14(17-13)15-9-11-18-10-3-8-16-18/h1-8,10H,9,11H2,(H,15,17). The fourth-order valence-corrected chi connectivity index (χ4v) is 1.90. The number of aromatic nitrogens is 3. The van der Waals surface area contributed by atoms with Crippen LogP contribution in [-0.2, 0) is 6.54 Å². The van der Waals surface area contributed by atoms with Crippen LogP contribution in [-0.4, -0.2) is 21.3 Å². The van der Waals surface area contributed by atoms with Gasteiger partial charge >= 0.3 is 0 Å². The molecule has 0 bridgehead atoms. The second-order valence-electron chi connectivity index (χ2n) is 4.09. The van der Waals surface area contributed by atoms with Crippen molar-refractivity contribution in [2.24, 2.45) is 0 Å². The molecule has 0 amide bonds. The van der Waals surface area contributed by atoms with E-state index in [0.717, 1.165) is 29.8 Å². The van der Waals surface area contributed by atoms with Gasteiger partial charge < -0.3 is 5.32 Å². The molecule has 3 aromatic rings. The fourth-order valence-electron chi connectivity index (χ4n) is 1.90. The molecule has 18 heavy (non-hydrogen) atoms. The van der Waals surface area contributed by atoms with Gasteiger partial charge in [-0.3, -0.25) is 4.68 Å². The number of hydrogen-bond acceptors (Lipinski definition) is 3. The first-order valence-corrected chi connectivity index (χ1v) is 5.99. The first kappa shape index (κ1) is 10.8. The summed E-state index contributed by atoms with van der Waals surface area (Å²) in [6, 6.07) is 14.1. The molecule has 0 unspecified atom stereocenters. The van der Waals surface area contributed by atoms with Crippen LogP contribution in [0.3, 0.4) is 0 Å². The summed E-state index contributed by atoms with van der Waals surface area (Å²) in [6.07, 6.45) is 3.74. The summed E-state index contributed by atoms with van der Waals surface area (Å²) in [6.45, 7) is 1.65. The molecule has 2 heterocycles. The van der Waals surface area contributed by atoms with Crippen LogP contribution >= 0.6 is 0 Å².